The lowest BCUT2D eigenvalue weighted by molar-refractivity contribution is 0.415. The molecule has 0 atom stereocenters. The van der Waals surface area contributed by atoms with Gasteiger partial charge in [0.15, 0.2) is 0 Å². The second-order valence-electron chi connectivity index (χ2n) is 3.25. The summed E-state index contributed by atoms with van der Waals surface area (Å²) in [4.78, 5) is 3.79. The minimum absolute atomic E-state index is 0.0328. The Hall–Kier alpha value is -1.74. The van der Waals surface area contributed by atoms with Crippen LogP contribution in [0.4, 0.5) is 0 Å². The zero-order valence-corrected chi connectivity index (χ0v) is 9.40. The molecule has 0 bridgehead atoms. The third-order valence-electron chi connectivity index (χ3n) is 2.23. The monoisotopic (exact) mass is 235 g/mol. The van der Waals surface area contributed by atoms with Crippen LogP contribution in [0.2, 0.25) is 5.02 Å². The Morgan fingerprint density at radius 3 is 2.56 bits per heavy atom. The zero-order valence-electron chi connectivity index (χ0n) is 8.64. The van der Waals surface area contributed by atoms with Crippen molar-refractivity contribution < 1.29 is 9.84 Å². The molecule has 0 unspecified atom stereocenters. The van der Waals surface area contributed by atoms with Gasteiger partial charge in [0, 0.05) is 11.8 Å². The number of methoxy groups -OCH3 is 1. The summed E-state index contributed by atoms with van der Waals surface area (Å²) in [5.74, 6) is 0.729. The van der Waals surface area contributed by atoms with Crippen LogP contribution in [0.3, 0.4) is 0 Å². The number of benzene rings is 1. The van der Waals surface area contributed by atoms with Crippen molar-refractivity contribution in [1.29, 1.82) is 0 Å². The number of pyridine rings is 1. The molecule has 0 aliphatic heterocycles. The van der Waals surface area contributed by atoms with Gasteiger partial charge in [0.1, 0.15) is 5.75 Å². The molecule has 3 nitrogen and oxygen atoms in total. The molecular weight excluding hydrogens is 226 g/mol. The van der Waals surface area contributed by atoms with E-state index in [-0.39, 0.29) is 5.88 Å². The van der Waals surface area contributed by atoms with Crippen molar-refractivity contribution >= 4 is 11.6 Å². The van der Waals surface area contributed by atoms with E-state index < -0.39 is 0 Å². The molecular formula is C12H10ClNO2. The maximum atomic E-state index is 9.61. The van der Waals surface area contributed by atoms with Gasteiger partial charge in [-0.3, -0.25) is 0 Å². The molecule has 4 heteroatoms. The summed E-state index contributed by atoms with van der Waals surface area (Å²) in [6.45, 7) is 0. The fourth-order valence-electron chi connectivity index (χ4n) is 1.42. The highest BCUT2D eigenvalue weighted by Crippen LogP contribution is 2.30. The first-order valence-corrected chi connectivity index (χ1v) is 5.07. The molecule has 0 amide bonds. The lowest BCUT2D eigenvalue weighted by atomic mass is 10.1. The number of aromatic nitrogens is 1. The smallest absolute Gasteiger partial charge is 0.218 e. The number of hydrogen-bond donors (Lipinski definition) is 1. The molecule has 0 aliphatic rings. The summed E-state index contributed by atoms with van der Waals surface area (Å²) in [7, 11) is 1.60. The first-order valence-electron chi connectivity index (χ1n) is 4.69. The average Bonchev–Trinajstić information content (AvgIpc) is 2.32. The number of hydrogen-bond acceptors (Lipinski definition) is 3. The largest absolute Gasteiger partial charge is 0.497 e. The van der Waals surface area contributed by atoms with E-state index in [1.54, 1.807) is 13.2 Å². The standard InChI is InChI=1S/C12H10ClNO2/c1-16-10-4-2-8(3-5-10)11-6-9(13)7-14-12(11)15/h2-7H,1H3,(H,14,15). The second kappa shape index (κ2) is 4.41. The van der Waals surface area contributed by atoms with Crippen LogP contribution >= 0.6 is 11.6 Å². The normalized spacial score (nSPS) is 10.1. The van der Waals surface area contributed by atoms with Gasteiger partial charge in [-0.05, 0) is 23.8 Å². The molecule has 1 aromatic carbocycles. The lowest BCUT2D eigenvalue weighted by Gasteiger charge is -2.05. The first kappa shape index (κ1) is 10.8. The fraction of sp³-hybridized carbons (Fsp3) is 0.0833. The van der Waals surface area contributed by atoms with E-state index >= 15 is 0 Å². The zero-order chi connectivity index (χ0) is 11.5. The molecule has 82 valence electrons. The molecule has 0 radical (unpaired) electrons. The highest BCUT2D eigenvalue weighted by molar-refractivity contribution is 6.30. The number of ether oxygens (including phenoxy) is 1. The maximum absolute atomic E-state index is 9.61. The van der Waals surface area contributed by atoms with Crippen molar-refractivity contribution in [1.82, 2.24) is 4.98 Å². The molecule has 1 aromatic heterocycles. The predicted molar refractivity (Wildman–Crippen MR) is 62.9 cm³/mol. The summed E-state index contributed by atoms with van der Waals surface area (Å²) in [5, 5.41) is 10.1. The molecule has 2 aromatic rings. The van der Waals surface area contributed by atoms with Gasteiger partial charge in [-0.15, -0.1) is 0 Å². The molecule has 16 heavy (non-hydrogen) atoms. The van der Waals surface area contributed by atoms with Crippen LogP contribution in [0, 0.1) is 0 Å². The summed E-state index contributed by atoms with van der Waals surface area (Å²) in [6.07, 6.45) is 1.41. The Kier molecular flexibility index (Phi) is 2.97. The third-order valence-corrected chi connectivity index (χ3v) is 2.44. The van der Waals surface area contributed by atoms with Crippen LogP contribution in [0.5, 0.6) is 11.6 Å². The Bertz CT molecular complexity index is 497. The topological polar surface area (TPSA) is 42.4 Å². The van der Waals surface area contributed by atoms with Crippen LogP contribution in [-0.4, -0.2) is 17.2 Å². The van der Waals surface area contributed by atoms with E-state index in [0.717, 1.165) is 11.3 Å². The first-order chi connectivity index (χ1) is 7.70. The predicted octanol–water partition coefficient (Wildman–Crippen LogP) is 3.12. The van der Waals surface area contributed by atoms with E-state index in [9.17, 15) is 5.11 Å². The number of nitrogens with zero attached hydrogens (tertiary/aromatic N) is 1. The van der Waals surface area contributed by atoms with Crippen LogP contribution in [0.15, 0.2) is 36.5 Å². The van der Waals surface area contributed by atoms with Gasteiger partial charge < -0.3 is 9.84 Å². The summed E-state index contributed by atoms with van der Waals surface area (Å²) < 4.78 is 5.05. The minimum atomic E-state index is -0.0328. The van der Waals surface area contributed by atoms with Crippen molar-refractivity contribution in [2.75, 3.05) is 7.11 Å². The van der Waals surface area contributed by atoms with Gasteiger partial charge in [0.2, 0.25) is 5.88 Å². The van der Waals surface area contributed by atoms with Crippen LogP contribution in [0.25, 0.3) is 11.1 Å². The Morgan fingerprint density at radius 1 is 1.25 bits per heavy atom. The van der Waals surface area contributed by atoms with Crippen LogP contribution < -0.4 is 4.74 Å². The minimum Gasteiger partial charge on any atom is -0.497 e. The van der Waals surface area contributed by atoms with E-state index in [2.05, 4.69) is 4.98 Å². The van der Waals surface area contributed by atoms with E-state index in [4.69, 9.17) is 16.3 Å². The third kappa shape index (κ3) is 2.09. The van der Waals surface area contributed by atoms with Crippen molar-refractivity contribution in [2.24, 2.45) is 0 Å². The summed E-state index contributed by atoms with van der Waals surface area (Å²) in [6, 6.07) is 8.98. The molecule has 1 heterocycles. The summed E-state index contributed by atoms with van der Waals surface area (Å²) in [5.41, 5.74) is 1.45. The van der Waals surface area contributed by atoms with Gasteiger partial charge >= 0.3 is 0 Å². The molecule has 0 fully saturated rings. The molecule has 1 N–H and O–H groups in total. The van der Waals surface area contributed by atoms with Crippen LogP contribution in [-0.2, 0) is 0 Å². The van der Waals surface area contributed by atoms with Crippen molar-refractivity contribution in [3.8, 4) is 22.8 Å². The molecule has 2 rings (SSSR count). The molecule has 0 spiro atoms. The Balaban J connectivity index is 2.45. The Morgan fingerprint density at radius 2 is 1.94 bits per heavy atom. The average molecular weight is 236 g/mol. The fourth-order valence-corrected chi connectivity index (χ4v) is 1.57. The highest BCUT2D eigenvalue weighted by Gasteiger charge is 2.06. The summed E-state index contributed by atoms with van der Waals surface area (Å²) >= 11 is 5.83. The van der Waals surface area contributed by atoms with E-state index in [1.165, 1.54) is 6.20 Å². The van der Waals surface area contributed by atoms with Gasteiger partial charge in [-0.2, -0.15) is 0 Å². The van der Waals surface area contributed by atoms with Gasteiger partial charge in [-0.1, -0.05) is 23.7 Å². The molecule has 0 saturated carbocycles. The van der Waals surface area contributed by atoms with Gasteiger partial charge in [0.25, 0.3) is 0 Å². The number of aromatic hydroxyl groups is 1. The maximum Gasteiger partial charge on any atom is 0.218 e. The number of halogens is 1. The van der Waals surface area contributed by atoms with E-state index in [1.807, 2.05) is 24.3 Å². The lowest BCUT2D eigenvalue weighted by Crippen LogP contribution is -1.85. The number of rotatable bonds is 2. The second-order valence-corrected chi connectivity index (χ2v) is 3.69. The van der Waals surface area contributed by atoms with Crippen LogP contribution in [0.1, 0.15) is 0 Å². The SMILES string of the molecule is COc1ccc(-c2cc(Cl)cnc2O)cc1. The molecule has 0 aliphatic carbocycles. The van der Waals surface area contributed by atoms with Crippen molar-refractivity contribution in [2.45, 2.75) is 0 Å². The van der Waals surface area contributed by atoms with Crippen molar-refractivity contribution in [3.05, 3.63) is 41.6 Å². The van der Waals surface area contributed by atoms with Crippen molar-refractivity contribution in [3.63, 3.8) is 0 Å². The van der Waals surface area contributed by atoms with Gasteiger partial charge in [-0.25, -0.2) is 4.98 Å². The van der Waals surface area contributed by atoms with Gasteiger partial charge in [0.05, 0.1) is 12.1 Å². The molecule has 0 saturated heterocycles. The quantitative estimate of drug-likeness (QED) is 0.870. The van der Waals surface area contributed by atoms with E-state index in [0.29, 0.717) is 10.6 Å². The highest BCUT2D eigenvalue weighted by atomic mass is 35.5. The Labute approximate surface area is 98.3 Å².